The van der Waals surface area contributed by atoms with Gasteiger partial charge in [0.25, 0.3) is 5.56 Å². The van der Waals surface area contributed by atoms with Crippen LogP contribution in [0.5, 0.6) is 5.75 Å². The first-order chi connectivity index (χ1) is 14.0. The smallest absolute Gasteiger partial charge is 0.268 e. The number of rotatable bonds is 4. The monoisotopic (exact) mass is 385 g/mol. The lowest BCUT2D eigenvalue weighted by molar-refractivity contribution is 0.300. The van der Waals surface area contributed by atoms with Crippen molar-refractivity contribution in [1.29, 1.82) is 15.8 Å². The van der Waals surface area contributed by atoms with Gasteiger partial charge in [-0.25, -0.2) is 4.39 Å². The van der Waals surface area contributed by atoms with Crippen molar-refractivity contribution in [3.63, 3.8) is 0 Å². The second kappa shape index (κ2) is 7.96. The molecule has 3 N–H and O–H groups in total. The fourth-order valence-electron chi connectivity index (χ4n) is 2.74. The molecule has 0 fully saturated rings. The predicted molar refractivity (Wildman–Crippen MR) is 102 cm³/mol. The van der Waals surface area contributed by atoms with Crippen LogP contribution >= 0.6 is 0 Å². The summed E-state index contributed by atoms with van der Waals surface area (Å²) >= 11 is 0. The zero-order chi connectivity index (χ0) is 21.0. The third kappa shape index (κ3) is 3.75. The Hall–Kier alpha value is -4.61. The van der Waals surface area contributed by atoms with Gasteiger partial charge in [-0.1, -0.05) is 18.2 Å². The van der Waals surface area contributed by atoms with E-state index in [-0.39, 0.29) is 40.2 Å². The fraction of sp³-hybridized carbons (Fsp3) is 0.0476. The van der Waals surface area contributed by atoms with E-state index in [1.165, 1.54) is 12.1 Å². The highest BCUT2D eigenvalue weighted by Crippen LogP contribution is 2.29. The number of nitrogens with two attached hydrogens (primary N) is 1. The van der Waals surface area contributed by atoms with Gasteiger partial charge in [0.2, 0.25) is 0 Å². The number of nitrogens with zero attached hydrogens (tertiary/aromatic N) is 3. The molecule has 0 unspecified atom stereocenters. The van der Waals surface area contributed by atoms with Crippen LogP contribution < -0.4 is 16.0 Å². The van der Waals surface area contributed by atoms with Gasteiger partial charge >= 0.3 is 0 Å². The minimum Gasteiger partial charge on any atom is -0.489 e. The summed E-state index contributed by atoms with van der Waals surface area (Å²) in [5.74, 6) is -0.257. The summed E-state index contributed by atoms with van der Waals surface area (Å²) in [6.45, 7) is -0.0538. The molecule has 0 atom stereocenters. The number of pyridine rings is 1. The number of ether oxygens (including phenoxy) is 1. The van der Waals surface area contributed by atoms with Gasteiger partial charge in [0.05, 0.1) is 11.6 Å². The number of benzene rings is 2. The van der Waals surface area contributed by atoms with Gasteiger partial charge in [0, 0.05) is 11.1 Å². The van der Waals surface area contributed by atoms with Crippen LogP contribution in [-0.2, 0) is 6.61 Å². The van der Waals surface area contributed by atoms with Crippen molar-refractivity contribution in [2.24, 2.45) is 0 Å². The highest BCUT2D eigenvalue weighted by Gasteiger charge is 2.18. The van der Waals surface area contributed by atoms with Crippen LogP contribution in [-0.4, -0.2) is 4.98 Å². The van der Waals surface area contributed by atoms with Crippen molar-refractivity contribution in [1.82, 2.24) is 4.98 Å². The van der Waals surface area contributed by atoms with Gasteiger partial charge in [-0.2, -0.15) is 15.8 Å². The van der Waals surface area contributed by atoms with Crippen LogP contribution in [0.4, 0.5) is 10.2 Å². The highest BCUT2D eigenvalue weighted by molar-refractivity contribution is 5.80. The number of H-pyrrole nitrogens is 1. The highest BCUT2D eigenvalue weighted by atomic mass is 19.1. The number of nitrogen functional groups attached to an aromatic ring is 1. The standard InChI is InChI=1S/C21H12FN5O2/c22-18-7-12(8-23)1-2-14(18)11-29-15-5-3-13(4-6-15)19-16(9-24)20(26)27-21(28)17(19)10-25/h1-7H,11H2,(H3,26,27,28). The molecule has 0 amide bonds. The maximum absolute atomic E-state index is 13.9. The normalized spacial score (nSPS) is 9.86. The molecule has 1 heterocycles. The summed E-state index contributed by atoms with van der Waals surface area (Å²) in [4.78, 5) is 14.3. The van der Waals surface area contributed by atoms with Gasteiger partial charge in [-0.15, -0.1) is 0 Å². The lowest BCUT2D eigenvalue weighted by atomic mass is 9.96. The summed E-state index contributed by atoms with van der Waals surface area (Å²) < 4.78 is 19.5. The van der Waals surface area contributed by atoms with Crippen molar-refractivity contribution in [3.05, 3.63) is 80.9 Å². The third-order valence-corrected chi connectivity index (χ3v) is 4.19. The zero-order valence-corrected chi connectivity index (χ0v) is 14.9. The molecule has 0 saturated carbocycles. The van der Waals surface area contributed by atoms with Crippen molar-refractivity contribution >= 4 is 5.82 Å². The summed E-state index contributed by atoms with van der Waals surface area (Å²) in [6.07, 6.45) is 0. The third-order valence-electron chi connectivity index (χ3n) is 4.19. The molecule has 0 aliphatic heterocycles. The largest absolute Gasteiger partial charge is 0.489 e. The number of nitriles is 3. The maximum atomic E-state index is 13.9. The summed E-state index contributed by atoms with van der Waals surface area (Å²) in [7, 11) is 0. The van der Waals surface area contributed by atoms with Crippen LogP contribution in [0.1, 0.15) is 22.3 Å². The van der Waals surface area contributed by atoms with Crippen molar-refractivity contribution < 1.29 is 9.13 Å². The Labute approximate surface area is 164 Å². The fourth-order valence-corrected chi connectivity index (χ4v) is 2.74. The first-order valence-corrected chi connectivity index (χ1v) is 8.26. The molecule has 3 aromatic rings. The first kappa shape index (κ1) is 19.2. The van der Waals surface area contributed by atoms with Gasteiger partial charge in [0.1, 0.15) is 47.3 Å². The molecule has 29 heavy (non-hydrogen) atoms. The van der Waals surface area contributed by atoms with E-state index in [0.717, 1.165) is 6.07 Å². The molecule has 8 heteroatoms. The maximum Gasteiger partial charge on any atom is 0.268 e. The first-order valence-electron chi connectivity index (χ1n) is 8.26. The number of nitrogens with one attached hydrogen (secondary N) is 1. The number of hydrogen-bond donors (Lipinski definition) is 2. The van der Waals surface area contributed by atoms with Crippen molar-refractivity contribution in [3.8, 4) is 35.1 Å². The molecule has 2 aromatic carbocycles. The average molecular weight is 385 g/mol. The topological polar surface area (TPSA) is 139 Å². The van der Waals surface area contributed by atoms with E-state index in [9.17, 15) is 19.7 Å². The Morgan fingerprint density at radius 1 is 1.00 bits per heavy atom. The molecule has 140 valence electrons. The molecule has 0 aliphatic rings. The number of halogens is 1. The van der Waals surface area contributed by atoms with Gasteiger partial charge in [-0.05, 0) is 29.8 Å². The second-order valence-electron chi connectivity index (χ2n) is 5.95. The average Bonchev–Trinajstić information content (AvgIpc) is 2.72. The van der Waals surface area contributed by atoms with Crippen molar-refractivity contribution in [2.45, 2.75) is 6.61 Å². The van der Waals surface area contributed by atoms with Crippen LogP contribution in [0, 0.1) is 39.8 Å². The molecule has 0 radical (unpaired) electrons. The zero-order valence-electron chi connectivity index (χ0n) is 14.9. The number of aromatic amines is 1. The molecule has 0 spiro atoms. The van der Waals surface area contributed by atoms with E-state index < -0.39 is 11.4 Å². The Bertz CT molecular complexity index is 1280. The minimum atomic E-state index is -0.685. The van der Waals surface area contributed by atoms with Gasteiger partial charge < -0.3 is 15.5 Å². The molecule has 0 bridgehead atoms. The predicted octanol–water partition coefficient (Wildman–Crippen LogP) is 2.96. The Kier molecular flexibility index (Phi) is 5.26. The molecule has 0 saturated heterocycles. The van der Waals surface area contributed by atoms with Gasteiger partial charge in [-0.3, -0.25) is 4.79 Å². The molecule has 1 aromatic heterocycles. The van der Waals surface area contributed by atoms with Crippen LogP contribution in [0.2, 0.25) is 0 Å². The van der Waals surface area contributed by atoms with E-state index >= 15 is 0 Å². The van der Waals surface area contributed by atoms with Crippen LogP contribution in [0.25, 0.3) is 11.1 Å². The Balaban J connectivity index is 1.89. The molecule has 3 rings (SSSR count). The number of hydrogen-bond acceptors (Lipinski definition) is 6. The summed E-state index contributed by atoms with van der Waals surface area (Å²) in [6, 6.07) is 15.9. The van der Waals surface area contributed by atoms with Crippen LogP contribution in [0.15, 0.2) is 47.3 Å². The van der Waals surface area contributed by atoms with Gasteiger partial charge in [0.15, 0.2) is 0 Å². The molecular weight excluding hydrogens is 373 g/mol. The summed E-state index contributed by atoms with van der Waals surface area (Å²) in [5.41, 5.74) is 5.88. The number of aromatic nitrogens is 1. The molecule has 7 nitrogen and oxygen atoms in total. The Morgan fingerprint density at radius 3 is 2.28 bits per heavy atom. The molecule has 0 aliphatic carbocycles. The minimum absolute atomic E-state index is 0.00512. The van der Waals surface area contributed by atoms with E-state index in [1.807, 2.05) is 12.1 Å². The van der Waals surface area contributed by atoms with E-state index in [1.54, 1.807) is 30.3 Å². The second-order valence-corrected chi connectivity index (χ2v) is 5.95. The van der Waals surface area contributed by atoms with Crippen LogP contribution in [0.3, 0.4) is 0 Å². The van der Waals surface area contributed by atoms with E-state index in [2.05, 4.69) is 4.98 Å². The molecular formula is C21H12FN5O2. The SMILES string of the molecule is N#Cc1ccc(COc2ccc(-c3c(C#N)c(N)[nH]c(=O)c3C#N)cc2)c(F)c1. The summed E-state index contributed by atoms with van der Waals surface area (Å²) in [5, 5.41) is 27.4. The lowest BCUT2D eigenvalue weighted by Gasteiger charge is -2.11. The number of anilines is 1. The Morgan fingerprint density at radius 2 is 1.69 bits per heavy atom. The quantitative estimate of drug-likeness (QED) is 0.708. The van der Waals surface area contributed by atoms with E-state index in [0.29, 0.717) is 11.3 Å². The van der Waals surface area contributed by atoms with Crippen molar-refractivity contribution in [2.75, 3.05) is 5.73 Å². The van der Waals surface area contributed by atoms with E-state index in [4.69, 9.17) is 15.7 Å². The lowest BCUT2D eigenvalue weighted by Crippen LogP contribution is -2.16.